The molecule has 130 valence electrons. The van der Waals surface area contributed by atoms with Gasteiger partial charge in [0.1, 0.15) is 6.04 Å². The van der Waals surface area contributed by atoms with Gasteiger partial charge in [-0.1, -0.05) is 0 Å². The summed E-state index contributed by atoms with van der Waals surface area (Å²) in [5.74, 6) is -0.354. The van der Waals surface area contributed by atoms with Gasteiger partial charge >= 0.3 is 5.97 Å². The largest absolute Gasteiger partial charge is 0.480 e. The predicted molar refractivity (Wildman–Crippen MR) is 87.5 cm³/mol. The van der Waals surface area contributed by atoms with E-state index in [-0.39, 0.29) is 18.0 Å². The number of aromatic nitrogens is 2. The lowest BCUT2D eigenvalue weighted by Gasteiger charge is -2.27. The van der Waals surface area contributed by atoms with Gasteiger partial charge in [0.05, 0.1) is 18.3 Å². The average molecular weight is 333 g/mol. The molecule has 1 saturated heterocycles. The number of carbonyl (C=O) groups is 2. The van der Waals surface area contributed by atoms with E-state index >= 15 is 0 Å². The third-order valence-corrected chi connectivity index (χ3v) is 4.53. The Morgan fingerprint density at radius 2 is 2.00 bits per heavy atom. The Balaban J connectivity index is 1.62. The van der Waals surface area contributed by atoms with E-state index in [0.29, 0.717) is 25.3 Å². The molecule has 0 aromatic carbocycles. The lowest BCUT2D eigenvalue weighted by Crippen LogP contribution is -2.49. The quantitative estimate of drug-likeness (QED) is 0.769. The smallest absolute Gasteiger partial charge is 0.320 e. The minimum atomic E-state index is -0.830. The fraction of sp³-hybridized carbons (Fsp3) is 0.625. The van der Waals surface area contributed by atoms with Crippen LogP contribution >= 0.6 is 0 Å². The second-order valence-electron chi connectivity index (χ2n) is 6.59. The molecule has 2 aliphatic rings. The zero-order chi connectivity index (χ0) is 17.3. The van der Waals surface area contributed by atoms with Gasteiger partial charge in [-0.05, 0) is 31.7 Å². The molecule has 0 radical (unpaired) electrons. The fourth-order valence-corrected chi connectivity index (χ4v) is 3.22. The number of carboxylic acid groups (broad SMARTS) is 1. The Kier molecular flexibility index (Phi) is 4.66. The first-order valence-electron chi connectivity index (χ1n) is 8.24. The van der Waals surface area contributed by atoms with E-state index in [0.717, 1.165) is 18.5 Å². The van der Waals surface area contributed by atoms with Crippen LogP contribution in [-0.2, 0) is 16.1 Å². The predicted octanol–water partition coefficient (Wildman–Crippen LogP) is 0.239. The van der Waals surface area contributed by atoms with Crippen molar-refractivity contribution in [2.75, 3.05) is 19.0 Å². The van der Waals surface area contributed by atoms with Crippen LogP contribution in [0.4, 0.5) is 5.95 Å². The van der Waals surface area contributed by atoms with Gasteiger partial charge in [0.2, 0.25) is 11.9 Å². The molecule has 2 unspecified atom stereocenters. The number of anilines is 1. The molecule has 8 heteroatoms. The summed E-state index contributed by atoms with van der Waals surface area (Å²) in [6.45, 7) is 0.314. The Morgan fingerprint density at radius 1 is 1.29 bits per heavy atom. The van der Waals surface area contributed by atoms with Crippen LogP contribution in [0.5, 0.6) is 0 Å². The molecule has 2 heterocycles. The second-order valence-corrected chi connectivity index (χ2v) is 6.59. The van der Waals surface area contributed by atoms with Gasteiger partial charge in [0.25, 0.3) is 0 Å². The molecule has 1 aromatic rings. The van der Waals surface area contributed by atoms with Crippen molar-refractivity contribution in [2.45, 2.75) is 50.4 Å². The molecule has 2 fully saturated rings. The molecule has 1 aliphatic carbocycles. The maximum atomic E-state index is 12.5. The van der Waals surface area contributed by atoms with Crippen molar-refractivity contribution in [3.63, 3.8) is 0 Å². The van der Waals surface area contributed by atoms with Gasteiger partial charge in [-0.3, -0.25) is 14.5 Å². The van der Waals surface area contributed by atoms with Crippen molar-refractivity contribution >= 4 is 17.8 Å². The van der Waals surface area contributed by atoms with Gasteiger partial charge in [0.15, 0.2) is 0 Å². The Hall–Kier alpha value is -2.22. The van der Waals surface area contributed by atoms with E-state index in [9.17, 15) is 14.7 Å². The van der Waals surface area contributed by atoms with E-state index < -0.39 is 12.0 Å². The summed E-state index contributed by atoms with van der Waals surface area (Å²) < 4.78 is 0. The minimum absolute atomic E-state index is 0.115. The summed E-state index contributed by atoms with van der Waals surface area (Å²) in [5, 5.41) is 12.3. The number of hydrogen-bond donors (Lipinski definition) is 2. The normalized spacial score (nSPS) is 23.9. The number of nitrogens with zero attached hydrogens (tertiary/aromatic N) is 4. The molecule has 1 aliphatic heterocycles. The maximum absolute atomic E-state index is 12.5. The monoisotopic (exact) mass is 333 g/mol. The van der Waals surface area contributed by atoms with E-state index in [1.54, 1.807) is 17.2 Å². The molecule has 1 amide bonds. The molecule has 3 rings (SSSR count). The van der Waals surface area contributed by atoms with Crippen LogP contribution in [0.2, 0.25) is 0 Å². The van der Waals surface area contributed by atoms with Crippen molar-refractivity contribution in [1.29, 1.82) is 0 Å². The summed E-state index contributed by atoms with van der Waals surface area (Å²) >= 11 is 0. The van der Waals surface area contributed by atoms with E-state index in [2.05, 4.69) is 15.3 Å². The van der Waals surface area contributed by atoms with Crippen molar-refractivity contribution in [1.82, 2.24) is 20.2 Å². The van der Waals surface area contributed by atoms with E-state index in [1.807, 2.05) is 19.0 Å². The highest BCUT2D eigenvalue weighted by Gasteiger charge is 2.48. The molecular formula is C16H23N5O3. The lowest BCUT2D eigenvalue weighted by atomic mass is 10.2. The second kappa shape index (κ2) is 6.72. The lowest BCUT2D eigenvalue weighted by molar-refractivity contribution is -0.143. The first kappa shape index (κ1) is 16.6. The number of carbonyl (C=O) groups excluding carboxylic acids is 1. The van der Waals surface area contributed by atoms with Crippen LogP contribution in [0.25, 0.3) is 0 Å². The molecule has 1 saturated carbocycles. The molecule has 0 bridgehead atoms. The summed E-state index contributed by atoms with van der Waals surface area (Å²) in [5.41, 5.74) is 0.729. The van der Waals surface area contributed by atoms with Gasteiger partial charge in [-0.25, -0.2) is 9.97 Å². The minimum Gasteiger partial charge on any atom is -0.480 e. The zero-order valence-electron chi connectivity index (χ0n) is 14.0. The molecule has 2 N–H and O–H groups in total. The Labute approximate surface area is 140 Å². The fourth-order valence-electron chi connectivity index (χ4n) is 3.22. The summed E-state index contributed by atoms with van der Waals surface area (Å²) in [7, 11) is 3.71. The summed E-state index contributed by atoms with van der Waals surface area (Å²) in [6, 6.07) is 1.12. The molecule has 1 aromatic heterocycles. The Morgan fingerprint density at radius 3 is 2.62 bits per heavy atom. The summed E-state index contributed by atoms with van der Waals surface area (Å²) in [6.07, 6.45) is 4.74. The van der Waals surface area contributed by atoms with Gasteiger partial charge in [-0.15, -0.1) is 0 Å². The third-order valence-electron chi connectivity index (χ3n) is 4.53. The molecule has 2 atom stereocenters. The van der Waals surface area contributed by atoms with Gasteiger partial charge in [-0.2, -0.15) is 0 Å². The highest BCUT2D eigenvalue weighted by molar-refractivity contribution is 5.84. The molecule has 8 nitrogen and oxygen atoms in total. The average Bonchev–Trinajstić information content (AvgIpc) is 3.30. The highest BCUT2D eigenvalue weighted by Crippen LogP contribution is 2.37. The Bertz CT molecular complexity index is 632. The van der Waals surface area contributed by atoms with Crippen molar-refractivity contribution in [2.24, 2.45) is 0 Å². The van der Waals surface area contributed by atoms with Crippen LogP contribution in [0, 0.1) is 0 Å². The third kappa shape index (κ3) is 3.48. The first-order valence-corrected chi connectivity index (χ1v) is 8.24. The summed E-state index contributed by atoms with van der Waals surface area (Å²) in [4.78, 5) is 36.2. The standard InChI is InChI=1S/C16H23N5O3/c1-20(2)16-17-8-7-10(19-16)9-18-14(22)12-5-6-13(15(23)24)21(12)11-3-4-11/h7-8,11-13H,3-6,9H2,1-2H3,(H,18,22)(H,23,24). The number of hydrogen-bond acceptors (Lipinski definition) is 6. The first-order chi connectivity index (χ1) is 11.5. The molecule has 24 heavy (non-hydrogen) atoms. The number of carboxylic acids is 1. The van der Waals surface area contributed by atoms with E-state index in [4.69, 9.17) is 0 Å². The number of nitrogens with one attached hydrogen (secondary N) is 1. The molecular weight excluding hydrogens is 310 g/mol. The van der Waals surface area contributed by atoms with E-state index in [1.165, 1.54) is 0 Å². The highest BCUT2D eigenvalue weighted by atomic mass is 16.4. The van der Waals surface area contributed by atoms with Crippen LogP contribution in [0.15, 0.2) is 12.3 Å². The van der Waals surface area contributed by atoms with Crippen LogP contribution in [0.1, 0.15) is 31.4 Å². The zero-order valence-corrected chi connectivity index (χ0v) is 14.0. The number of rotatable bonds is 6. The van der Waals surface area contributed by atoms with Crippen molar-refractivity contribution in [3.05, 3.63) is 18.0 Å². The van der Waals surface area contributed by atoms with Crippen LogP contribution in [-0.4, -0.2) is 64.1 Å². The van der Waals surface area contributed by atoms with Gasteiger partial charge < -0.3 is 15.3 Å². The molecule has 0 spiro atoms. The topological polar surface area (TPSA) is 98.7 Å². The maximum Gasteiger partial charge on any atom is 0.320 e. The van der Waals surface area contributed by atoms with Crippen LogP contribution in [0.3, 0.4) is 0 Å². The number of aliphatic carboxylic acids is 1. The van der Waals surface area contributed by atoms with Crippen molar-refractivity contribution in [3.8, 4) is 0 Å². The SMILES string of the molecule is CN(C)c1nccc(CNC(=O)C2CCC(C(=O)O)N2C2CC2)n1. The number of likely N-dealkylation sites (tertiary alicyclic amines) is 1. The number of amides is 1. The van der Waals surface area contributed by atoms with Gasteiger partial charge in [0, 0.05) is 26.3 Å². The van der Waals surface area contributed by atoms with Crippen molar-refractivity contribution < 1.29 is 14.7 Å². The van der Waals surface area contributed by atoms with Crippen LogP contribution < -0.4 is 10.2 Å².